The van der Waals surface area contributed by atoms with E-state index in [1.807, 2.05) is 47.5 Å². The number of hydrogen-bond acceptors (Lipinski definition) is 7. The van der Waals surface area contributed by atoms with Crippen LogP contribution in [0.3, 0.4) is 0 Å². The van der Waals surface area contributed by atoms with Gasteiger partial charge in [-0.05, 0) is 30.3 Å². The van der Waals surface area contributed by atoms with E-state index < -0.39 is 6.23 Å². The van der Waals surface area contributed by atoms with E-state index in [-0.39, 0.29) is 12.0 Å². The molecule has 0 amide bonds. The van der Waals surface area contributed by atoms with Gasteiger partial charge in [-0.3, -0.25) is 0 Å². The minimum Gasteiger partial charge on any atom is -0.493 e. The highest BCUT2D eigenvalue weighted by molar-refractivity contribution is 5.99. The normalized spacial score (nSPS) is 19.4. The lowest BCUT2D eigenvalue weighted by Gasteiger charge is -2.38. The first-order valence-corrected chi connectivity index (χ1v) is 9.61. The summed E-state index contributed by atoms with van der Waals surface area (Å²) in [7, 11) is 2.99. The standard InChI is InChI=1S/C23H20N2O5/c1-27-20-6-3-5-16-18-13-17(19-7-4-12-29-19)24-25(18)22(30-21(16)20)14-8-10-15(11-9-14)23(26)28-2/h3-12,18,22H,13H2,1-2H3/t18-,22-/m0/s1. The van der Waals surface area contributed by atoms with Crippen molar-refractivity contribution < 1.29 is 23.4 Å². The number of nitrogens with zero attached hydrogens (tertiary/aromatic N) is 2. The Bertz CT molecular complexity index is 1110. The third-order valence-corrected chi connectivity index (χ3v) is 5.42. The topological polar surface area (TPSA) is 73.5 Å². The number of hydrazone groups is 1. The van der Waals surface area contributed by atoms with Crippen molar-refractivity contribution in [2.45, 2.75) is 18.7 Å². The fraction of sp³-hybridized carbons (Fsp3) is 0.217. The first kappa shape index (κ1) is 18.3. The van der Waals surface area contributed by atoms with E-state index in [2.05, 4.69) is 0 Å². The van der Waals surface area contributed by atoms with E-state index >= 15 is 0 Å². The third kappa shape index (κ3) is 2.90. The van der Waals surface area contributed by atoms with Crippen molar-refractivity contribution in [3.63, 3.8) is 0 Å². The molecule has 0 spiro atoms. The number of fused-ring (bicyclic) bond motifs is 3. The van der Waals surface area contributed by atoms with Gasteiger partial charge >= 0.3 is 5.97 Å². The Kier molecular flexibility index (Phi) is 4.43. The number of hydrogen-bond donors (Lipinski definition) is 0. The van der Waals surface area contributed by atoms with Crippen LogP contribution < -0.4 is 9.47 Å². The molecule has 2 aliphatic rings. The Labute approximate surface area is 173 Å². The van der Waals surface area contributed by atoms with Crippen LogP contribution in [0.1, 0.15) is 45.9 Å². The van der Waals surface area contributed by atoms with Crippen molar-refractivity contribution in [2.75, 3.05) is 14.2 Å². The van der Waals surface area contributed by atoms with E-state index in [4.69, 9.17) is 23.7 Å². The molecule has 0 radical (unpaired) electrons. The van der Waals surface area contributed by atoms with Crippen molar-refractivity contribution in [1.82, 2.24) is 5.01 Å². The largest absolute Gasteiger partial charge is 0.493 e. The molecule has 152 valence electrons. The van der Waals surface area contributed by atoms with Gasteiger partial charge in [0, 0.05) is 17.5 Å². The zero-order valence-corrected chi connectivity index (χ0v) is 16.6. The SMILES string of the molecule is COC(=O)c1ccc([C@@H]2Oc3c(OC)cccc3[C@@H]3CC(c4ccco4)=NN32)cc1. The van der Waals surface area contributed by atoms with Crippen molar-refractivity contribution in [2.24, 2.45) is 5.10 Å². The molecule has 2 aliphatic heterocycles. The van der Waals surface area contributed by atoms with Crippen molar-refractivity contribution in [3.05, 3.63) is 83.3 Å². The average Bonchev–Trinajstić information content (AvgIpc) is 3.47. The van der Waals surface area contributed by atoms with E-state index in [9.17, 15) is 4.79 Å². The number of furan rings is 1. The van der Waals surface area contributed by atoms with E-state index in [1.54, 1.807) is 25.5 Å². The maximum absolute atomic E-state index is 11.8. The number of ether oxygens (including phenoxy) is 3. The molecule has 0 unspecified atom stereocenters. The fourth-order valence-corrected chi connectivity index (χ4v) is 3.96. The molecule has 3 heterocycles. The van der Waals surface area contributed by atoms with Crippen molar-refractivity contribution in [1.29, 1.82) is 0 Å². The molecule has 0 bridgehead atoms. The molecular weight excluding hydrogens is 384 g/mol. The number of carbonyl (C=O) groups excluding carboxylic acids is 1. The second-order valence-electron chi connectivity index (χ2n) is 7.09. The second kappa shape index (κ2) is 7.26. The van der Waals surface area contributed by atoms with Crippen LogP contribution in [0.4, 0.5) is 0 Å². The van der Waals surface area contributed by atoms with E-state index in [1.165, 1.54) is 7.11 Å². The molecule has 5 rings (SSSR count). The van der Waals surface area contributed by atoms with E-state index in [0.717, 1.165) is 22.6 Å². The summed E-state index contributed by atoms with van der Waals surface area (Å²) < 4.78 is 22.3. The minimum absolute atomic E-state index is 0.0192. The molecule has 0 N–H and O–H groups in total. The van der Waals surface area contributed by atoms with Gasteiger partial charge in [0.25, 0.3) is 0 Å². The summed E-state index contributed by atoms with van der Waals surface area (Å²) in [6, 6.07) is 16.8. The first-order chi connectivity index (χ1) is 14.7. The summed E-state index contributed by atoms with van der Waals surface area (Å²) in [5.41, 5.74) is 3.23. The third-order valence-electron chi connectivity index (χ3n) is 5.42. The van der Waals surface area contributed by atoms with Gasteiger partial charge in [-0.15, -0.1) is 0 Å². The fourth-order valence-electron chi connectivity index (χ4n) is 3.96. The minimum atomic E-state index is -0.474. The summed E-state index contributed by atoms with van der Waals surface area (Å²) in [6.45, 7) is 0. The summed E-state index contributed by atoms with van der Waals surface area (Å²) in [5, 5.41) is 6.79. The molecular formula is C23H20N2O5. The van der Waals surface area contributed by atoms with Gasteiger partial charge in [0.05, 0.1) is 32.1 Å². The lowest BCUT2D eigenvalue weighted by molar-refractivity contribution is -0.0209. The van der Waals surface area contributed by atoms with Crippen LogP contribution in [0.15, 0.2) is 70.4 Å². The lowest BCUT2D eigenvalue weighted by atomic mass is 9.97. The maximum atomic E-state index is 11.8. The van der Waals surface area contributed by atoms with Crippen LogP contribution >= 0.6 is 0 Å². The molecule has 0 saturated heterocycles. The zero-order chi connectivity index (χ0) is 20.7. The van der Waals surface area contributed by atoms with Gasteiger partial charge in [0.2, 0.25) is 6.23 Å². The Morgan fingerprint density at radius 3 is 2.63 bits per heavy atom. The predicted octanol–water partition coefficient (Wildman–Crippen LogP) is 4.32. The van der Waals surface area contributed by atoms with Gasteiger partial charge < -0.3 is 18.6 Å². The average molecular weight is 404 g/mol. The molecule has 0 aliphatic carbocycles. The van der Waals surface area contributed by atoms with Crippen LogP contribution in [-0.2, 0) is 4.74 Å². The van der Waals surface area contributed by atoms with Crippen LogP contribution in [0, 0.1) is 0 Å². The van der Waals surface area contributed by atoms with Crippen LogP contribution in [0.5, 0.6) is 11.5 Å². The molecule has 0 saturated carbocycles. The number of esters is 1. The van der Waals surface area contributed by atoms with Gasteiger partial charge in [0.15, 0.2) is 11.5 Å². The molecule has 2 aromatic carbocycles. The van der Waals surface area contributed by atoms with Gasteiger partial charge in [-0.2, -0.15) is 5.10 Å². The van der Waals surface area contributed by atoms with Crippen LogP contribution in [0.2, 0.25) is 0 Å². The molecule has 3 aromatic rings. The second-order valence-corrected chi connectivity index (χ2v) is 7.09. The van der Waals surface area contributed by atoms with Crippen LogP contribution in [0.25, 0.3) is 0 Å². The van der Waals surface area contributed by atoms with Gasteiger partial charge in [-0.25, -0.2) is 9.80 Å². The number of carbonyl (C=O) groups is 1. The lowest BCUT2D eigenvalue weighted by Crippen LogP contribution is -2.33. The Hall–Kier alpha value is -3.74. The predicted molar refractivity (Wildman–Crippen MR) is 109 cm³/mol. The zero-order valence-electron chi connectivity index (χ0n) is 16.6. The Morgan fingerprint density at radius 1 is 1.10 bits per heavy atom. The summed E-state index contributed by atoms with van der Waals surface area (Å²) >= 11 is 0. The van der Waals surface area contributed by atoms with Gasteiger partial charge in [0.1, 0.15) is 11.5 Å². The van der Waals surface area contributed by atoms with Crippen LogP contribution in [-0.4, -0.2) is 30.9 Å². The number of rotatable bonds is 4. The Morgan fingerprint density at radius 2 is 1.93 bits per heavy atom. The highest BCUT2D eigenvalue weighted by Crippen LogP contribution is 2.50. The Balaban J connectivity index is 1.58. The molecule has 7 nitrogen and oxygen atoms in total. The molecule has 30 heavy (non-hydrogen) atoms. The number of benzene rings is 2. The molecule has 7 heteroatoms. The van der Waals surface area contributed by atoms with Crippen molar-refractivity contribution >= 4 is 11.7 Å². The quantitative estimate of drug-likeness (QED) is 0.603. The summed E-state index contributed by atoms with van der Waals surface area (Å²) in [6.07, 6.45) is 1.86. The van der Waals surface area contributed by atoms with E-state index in [0.29, 0.717) is 23.5 Å². The molecule has 0 fully saturated rings. The first-order valence-electron chi connectivity index (χ1n) is 9.61. The number of methoxy groups -OCH3 is 2. The summed E-state index contributed by atoms with van der Waals surface area (Å²) in [4.78, 5) is 11.8. The molecule has 1 aromatic heterocycles. The number of para-hydroxylation sites is 1. The summed E-state index contributed by atoms with van der Waals surface area (Å²) in [5.74, 6) is 1.75. The van der Waals surface area contributed by atoms with Gasteiger partial charge in [-0.1, -0.05) is 24.3 Å². The van der Waals surface area contributed by atoms with Crippen molar-refractivity contribution in [3.8, 4) is 11.5 Å². The smallest absolute Gasteiger partial charge is 0.337 e. The highest BCUT2D eigenvalue weighted by atomic mass is 16.5. The highest BCUT2D eigenvalue weighted by Gasteiger charge is 2.42. The molecule has 2 atom stereocenters. The monoisotopic (exact) mass is 404 g/mol. The maximum Gasteiger partial charge on any atom is 0.337 e.